The molecule has 1 aromatic carbocycles. The molecule has 1 atom stereocenters. The molecule has 1 aliphatic rings. The molecule has 0 radical (unpaired) electrons. The maximum absolute atomic E-state index is 12.6. The molecule has 1 aliphatic heterocycles. The third-order valence-electron chi connectivity index (χ3n) is 4.34. The maximum atomic E-state index is 12.6. The van der Waals surface area contributed by atoms with Crippen molar-refractivity contribution in [2.45, 2.75) is 31.6 Å². The lowest BCUT2D eigenvalue weighted by molar-refractivity contribution is -0.137. The molecule has 0 spiro atoms. The van der Waals surface area contributed by atoms with Crippen LogP contribution < -0.4 is 10.6 Å². The van der Waals surface area contributed by atoms with Crippen molar-refractivity contribution in [3.05, 3.63) is 35.4 Å². The molecule has 0 saturated carbocycles. The van der Waals surface area contributed by atoms with E-state index in [1.165, 1.54) is 0 Å². The fourth-order valence-electron chi connectivity index (χ4n) is 2.96. The van der Waals surface area contributed by atoms with Crippen molar-refractivity contribution in [2.24, 2.45) is 4.99 Å². The zero-order chi connectivity index (χ0) is 19.0. The van der Waals surface area contributed by atoms with Gasteiger partial charge in [-0.1, -0.05) is 12.1 Å². The van der Waals surface area contributed by atoms with Crippen LogP contribution in [0, 0.1) is 0 Å². The Morgan fingerprint density at radius 3 is 2.65 bits per heavy atom. The highest BCUT2D eigenvalue weighted by atomic mass is 19.4. The van der Waals surface area contributed by atoms with Gasteiger partial charge in [0, 0.05) is 53.0 Å². The van der Waals surface area contributed by atoms with Gasteiger partial charge in [0.2, 0.25) is 0 Å². The Balaban J connectivity index is 1.77. The quantitative estimate of drug-likeness (QED) is 0.439. The van der Waals surface area contributed by atoms with Crippen LogP contribution in [0.5, 0.6) is 0 Å². The molecule has 146 valence electrons. The van der Waals surface area contributed by atoms with Crippen molar-refractivity contribution in [3.8, 4) is 0 Å². The van der Waals surface area contributed by atoms with Crippen LogP contribution in [0.1, 0.15) is 24.0 Å². The fourth-order valence-corrected chi connectivity index (χ4v) is 2.96. The summed E-state index contributed by atoms with van der Waals surface area (Å²) in [6, 6.07) is 5.68. The average molecular weight is 372 g/mol. The first kappa shape index (κ1) is 20.5. The van der Waals surface area contributed by atoms with Gasteiger partial charge in [0.1, 0.15) is 0 Å². The molecule has 1 fully saturated rings. The second kappa shape index (κ2) is 9.78. The Morgan fingerprint density at radius 1 is 1.31 bits per heavy atom. The molecular formula is C18H27F3N4O. The number of guanidine groups is 1. The normalized spacial score (nSPS) is 19.0. The van der Waals surface area contributed by atoms with E-state index < -0.39 is 11.7 Å². The molecule has 26 heavy (non-hydrogen) atoms. The minimum atomic E-state index is -4.28. The Kier molecular flexibility index (Phi) is 7.71. The topological polar surface area (TPSA) is 48.9 Å². The molecule has 1 saturated heterocycles. The fraction of sp³-hybridized carbons (Fsp3) is 0.611. The predicted molar refractivity (Wildman–Crippen MR) is 96.1 cm³/mol. The second-order valence-corrected chi connectivity index (χ2v) is 6.41. The van der Waals surface area contributed by atoms with Gasteiger partial charge in [0.25, 0.3) is 0 Å². The van der Waals surface area contributed by atoms with E-state index in [9.17, 15) is 13.2 Å². The van der Waals surface area contributed by atoms with E-state index in [0.717, 1.165) is 56.1 Å². The van der Waals surface area contributed by atoms with Gasteiger partial charge in [0.05, 0.1) is 5.56 Å². The number of nitrogens with one attached hydrogen (secondary N) is 2. The molecule has 0 aromatic heterocycles. The second-order valence-electron chi connectivity index (χ2n) is 6.41. The number of nitrogens with zero attached hydrogens (tertiary/aromatic N) is 2. The number of hydrogen-bond donors (Lipinski definition) is 2. The number of rotatable bonds is 7. The zero-order valence-corrected chi connectivity index (χ0v) is 15.3. The first-order valence-electron chi connectivity index (χ1n) is 8.77. The maximum Gasteiger partial charge on any atom is 0.416 e. The standard InChI is InChI=1S/C18H27F3N4O/c1-22-17(23-9-3-11-26-2)24-16-8-10-25(13-16)12-14-4-6-15(7-5-14)18(19,20)21/h4-7,16H,3,8-13H2,1-2H3,(H2,22,23,24). The Hall–Kier alpha value is -1.80. The molecule has 0 amide bonds. The number of ether oxygens (including phenoxy) is 1. The van der Waals surface area contributed by atoms with Crippen LogP contribution in [0.25, 0.3) is 0 Å². The summed E-state index contributed by atoms with van der Waals surface area (Å²) >= 11 is 0. The molecule has 1 aromatic rings. The number of hydrogen-bond acceptors (Lipinski definition) is 3. The van der Waals surface area contributed by atoms with Crippen LogP contribution in [-0.4, -0.2) is 57.3 Å². The van der Waals surface area contributed by atoms with Gasteiger partial charge in [0.15, 0.2) is 5.96 Å². The summed E-state index contributed by atoms with van der Waals surface area (Å²) in [5, 5.41) is 6.64. The minimum absolute atomic E-state index is 0.276. The first-order valence-corrected chi connectivity index (χ1v) is 8.77. The Labute approximate surface area is 152 Å². The van der Waals surface area contributed by atoms with Crippen LogP contribution in [-0.2, 0) is 17.5 Å². The van der Waals surface area contributed by atoms with E-state index in [0.29, 0.717) is 13.2 Å². The number of likely N-dealkylation sites (tertiary alicyclic amines) is 1. The zero-order valence-electron chi connectivity index (χ0n) is 15.3. The highest BCUT2D eigenvalue weighted by molar-refractivity contribution is 5.79. The SMILES string of the molecule is CN=C(NCCCOC)NC1CCN(Cc2ccc(C(F)(F)F)cc2)C1. The van der Waals surface area contributed by atoms with Gasteiger partial charge >= 0.3 is 6.18 Å². The van der Waals surface area contributed by atoms with E-state index in [4.69, 9.17) is 4.74 Å². The molecule has 8 heteroatoms. The minimum Gasteiger partial charge on any atom is -0.385 e. The number of alkyl halides is 3. The van der Waals surface area contributed by atoms with E-state index in [-0.39, 0.29) is 6.04 Å². The van der Waals surface area contributed by atoms with E-state index >= 15 is 0 Å². The lowest BCUT2D eigenvalue weighted by Crippen LogP contribution is -2.44. The summed E-state index contributed by atoms with van der Waals surface area (Å²) in [6.07, 6.45) is -2.41. The lowest BCUT2D eigenvalue weighted by Gasteiger charge is -2.19. The van der Waals surface area contributed by atoms with Gasteiger partial charge < -0.3 is 15.4 Å². The third-order valence-corrected chi connectivity index (χ3v) is 4.34. The van der Waals surface area contributed by atoms with Gasteiger partial charge in [-0.3, -0.25) is 9.89 Å². The molecule has 2 rings (SSSR count). The molecule has 0 bridgehead atoms. The summed E-state index contributed by atoms with van der Waals surface area (Å²) in [4.78, 5) is 6.45. The largest absolute Gasteiger partial charge is 0.416 e. The summed E-state index contributed by atoms with van der Waals surface area (Å²) in [5.74, 6) is 0.766. The summed E-state index contributed by atoms with van der Waals surface area (Å²) in [7, 11) is 3.41. The summed E-state index contributed by atoms with van der Waals surface area (Å²) < 4.78 is 42.9. The number of aliphatic imine (C=N–C) groups is 1. The van der Waals surface area contributed by atoms with Crippen LogP contribution in [0.3, 0.4) is 0 Å². The summed E-state index contributed by atoms with van der Waals surface area (Å²) in [5.41, 5.74) is 0.284. The highest BCUT2D eigenvalue weighted by Gasteiger charge is 2.30. The average Bonchev–Trinajstić information content (AvgIpc) is 3.04. The first-order chi connectivity index (χ1) is 12.4. The van der Waals surface area contributed by atoms with Crippen LogP contribution in [0.2, 0.25) is 0 Å². The lowest BCUT2D eigenvalue weighted by atomic mass is 10.1. The number of benzene rings is 1. The van der Waals surface area contributed by atoms with Crippen molar-refractivity contribution >= 4 is 5.96 Å². The van der Waals surface area contributed by atoms with Crippen LogP contribution >= 0.6 is 0 Å². The monoisotopic (exact) mass is 372 g/mol. The molecule has 1 unspecified atom stereocenters. The van der Waals surface area contributed by atoms with E-state index in [1.807, 2.05) is 0 Å². The van der Waals surface area contributed by atoms with Gasteiger partial charge in [-0.25, -0.2) is 0 Å². The third kappa shape index (κ3) is 6.49. The molecule has 0 aliphatic carbocycles. The molecule has 5 nitrogen and oxygen atoms in total. The van der Waals surface area contributed by atoms with Crippen molar-refractivity contribution in [1.82, 2.24) is 15.5 Å². The Bertz CT molecular complexity index is 575. The van der Waals surface area contributed by atoms with Crippen molar-refractivity contribution in [3.63, 3.8) is 0 Å². The van der Waals surface area contributed by atoms with Crippen LogP contribution in [0.15, 0.2) is 29.3 Å². The smallest absolute Gasteiger partial charge is 0.385 e. The van der Waals surface area contributed by atoms with Crippen molar-refractivity contribution in [1.29, 1.82) is 0 Å². The number of methoxy groups -OCH3 is 1. The predicted octanol–water partition coefficient (Wildman–Crippen LogP) is 2.48. The van der Waals surface area contributed by atoms with Crippen molar-refractivity contribution < 1.29 is 17.9 Å². The van der Waals surface area contributed by atoms with Gasteiger partial charge in [-0.15, -0.1) is 0 Å². The highest BCUT2D eigenvalue weighted by Crippen LogP contribution is 2.29. The van der Waals surface area contributed by atoms with Gasteiger partial charge in [-0.2, -0.15) is 13.2 Å². The Morgan fingerprint density at radius 2 is 2.04 bits per heavy atom. The summed E-state index contributed by atoms with van der Waals surface area (Å²) in [6.45, 7) is 3.87. The number of halogens is 3. The molecular weight excluding hydrogens is 345 g/mol. The van der Waals surface area contributed by atoms with E-state index in [1.54, 1.807) is 26.3 Å². The molecule has 2 N–H and O–H groups in total. The van der Waals surface area contributed by atoms with Crippen LogP contribution in [0.4, 0.5) is 13.2 Å². The van der Waals surface area contributed by atoms with Crippen molar-refractivity contribution in [2.75, 3.05) is 40.4 Å². The molecule has 1 heterocycles. The van der Waals surface area contributed by atoms with E-state index in [2.05, 4.69) is 20.5 Å². The van der Waals surface area contributed by atoms with Gasteiger partial charge in [-0.05, 0) is 30.5 Å².